The summed E-state index contributed by atoms with van der Waals surface area (Å²) in [7, 11) is 1.42. The number of carbonyl (C=O) groups excluding carboxylic acids is 1. The zero-order chi connectivity index (χ0) is 25.5. The molecule has 2 unspecified atom stereocenters. The van der Waals surface area contributed by atoms with Crippen molar-refractivity contribution < 1.29 is 22.7 Å². The van der Waals surface area contributed by atoms with Gasteiger partial charge in [0.2, 0.25) is 0 Å². The average molecular weight is 510 g/mol. The SMILES string of the molecule is CCC1C=CN=C1C1=NCC(C(=O)OC)=C2CC(NSNC(C)C)CN12.Fc1cccc(F)c1F. The number of amidine groups is 1. The molecule has 3 aliphatic rings. The summed E-state index contributed by atoms with van der Waals surface area (Å²) in [4.78, 5) is 23.6. The molecule has 2 N–H and O–H groups in total. The van der Waals surface area contributed by atoms with E-state index in [4.69, 9.17) is 9.73 Å². The highest BCUT2D eigenvalue weighted by Crippen LogP contribution is 2.32. The Morgan fingerprint density at radius 1 is 1.29 bits per heavy atom. The Kier molecular flexibility index (Phi) is 9.53. The van der Waals surface area contributed by atoms with Crippen LogP contribution < -0.4 is 9.44 Å². The predicted octanol–water partition coefficient (Wildman–Crippen LogP) is 4.15. The first-order chi connectivity index (χ1) is 16.8. The van der Waals surface area contributed by atoms with Gasteiger partial charge in [0.15, 0.2) is 23.3 Å². The number of nitrogens with one attached hydrogen (secondary N) is 2. The lowest BCUT2D eigenvalue weighted by Crippen LogP contribution is -2.41. The molecule has 0 spiro atoms. The number of ether oxygens (including phenoxy) is 1. The number of methoxy groups -OCH3 is 1. The van der Waals surface area contributed by atoms with Gasteiger partial charge < -0.3 is 9.64 Å². The van der Waals surface area contributed by atoms with E-state index >= 15 is 0 Å². The van der Waals surface area contributed by atoms with Crippen molar-refractivity contribution in [2.24, 2.45) is 15.9 Å². The molecule has 4 rings (SSSR count). The smallest absolute Gasteiger partial charge is 0.337 e. The molecular weight excluding hydrogens is 479 g/mol. The van der Waals surface area contributed by atoms with Crippen LogP contribution in [0.4, 0.5) is 13.2 Å². The van der Waals surface area contributed by atoms with Crippen molar-refractivity contribution in [1.29, 1.82) is 0 Å². The summed E-state index contributed by atoms with van der Waals surface area (Å²) < 4.78 is 47.6. The number of fused-ring (bicyclic) bond motifs is 1. The number of rotatable bonds is 7. The number of hydrogen-bond acceptors (Lipinski definition) is 8. The number of carbonyl (C=O) groups is 1. The molecule has 0 aliphatic carbocycles. The molecule has 1 fully saturated rings. The van der Waals surface area contributed by atoms with Crippen LogP contribution in [0.5, 0.6) is 0 Å². The lowest BCUT2D eigenvalue weighted by molar-refractivity contribution is -0.136. The van der Waals surface area contributed by atoms with E-state index in [0.29, 0.717) is 24.1 Å². The average Bonchev–Trinajstić information content (AvgIpc) is 3.48. The molecule has 0 radical (unpaired) electrons. The third kappa shape index (κ3) is 6.53. The Morgan fingerprint density at radius 3 is 2.60 bits per heavy atom. The predicted molar refractivity (Wildman–Crippen MR) is 132 cm³/mol. The third-order valence-corrected chi connectivity index (χ3v) is 6.61. The molecule has 1 aromatic carbocycles. The molecule has 3 aliphatic heterocycles. The van der Waals surface area contributed by atoms with Gasteiger partial charge in [0.05, 0.1) is 24.9 Å². The summed E-state index contributed by atoms with van der Waals surface area (Å²) in [5.74, 6) is -2.84. The van der Waals surface area contributed by atoms with Crippen LogP contribution in [0.25, 0.3) is 0 Å². The van der Waals surface area contributed by atoms with Crippen molar-refractivity contribution in [1.82, 2.24) is 14.3 Å². The van der Waals surface area contributed by atoms with Gasteiger partial charge in [-0.25, -0.2) is 27.4 Å². The zero-order valence-corrected chi connectivity index (χ0v) is 21.0. The summed E-state index contributed by atoms with van der Waals surface area (Å²) in [5.41, 5.74) is 2.67. The number of allylic oxidation sites excluding steroid dienone is 1. The quantitative estimate of drug-likeness (QED) is 0.327. The molecular formula is C24H30F3N5O2S. The molecule has 7 nitrogen and oxygen atoms in total. The summed E-state index contributed by atoms with van der Waals surface area (Å²) >= 11 is 1.51. The maximum Gasteiger partial charge on any atom is 0.337 e. The van der Waals surface area contributed by atoms with Crippen molar-refractivity contribution in [3.05, 3.63) is 59.2 Å². The lowest BCUT2D eigenvalue weighted by Gasteiger charge is -2.29. The Hall–Kier alpha value is -2.63. The van der Waals surface area contributed by atoms with Crippen LogP contribution in [0.3, 0.4) is 0 Å². The standard InChI is InChI=1S/C18H27N5O2S.C6H3F3/c1-5-12-6-7-19-16(12)17-20-9-14(18(24)25-4)15-8-13(10-23(15)17)22-26-21-11(2)3;7-4-2-1-3-5(8)6(4)9/h6-7,11-13,21-22H,5,8-10H2,1-4H3;1-3H. The minimum absolute atomic E-state index is 0.222. The van der Waals surface area contributed by atoms with E-state index in [1.807, 2.05) is 6.20 Å². The lowest BCUT2D eigenvalue weighted by atomic mass is 9.99. The van der Waals surface area contributed by atoms with Crippen molar-refractivity contribution in [3.8, 4) is 0 Å². The fourth-order valence-electron chi connectivity index (χ4n) is 3.85. The Balaban J connectivity index is 0.000000320. The number of hydrogen-bond donors (Lipinski definition) is 2. The Bertz CT molecular complexity index is 1040. The molecule has 0 amide bonds. The van der Waals surface area contributed by atoms with Gasteiger partial charge >= 0.3 is 5.97 Å². The van der Waals surface area contributed by atoms with Crippen LogP contribution in [-0.4, -0.2) is 54.7 Å². The molecule has 1 aromatic rings. The van der Waals surface area contributed by atoms with Gasteiger partial charge in [0.1, 0.15) is 0 Å². The normalized spacial score (nSPS) is 21.0. The van der Waals surface area contributed by atoms with Gasteiger partial charge in [0, 0.05) is 55.0 Å². The molecule has 3 heterocycles. The van der Waals surface area contributed by atoms with Gasteiger partial charge in [-0.15, -0.1) is 0 Å². The van der Waals surface area contributed by atoms with E-state index in [9.17, 15) is 18.0 Å². The molecule has 190 valence electrons. The highest BCUT2D eigenvalue weighted by atomic mass is 32.2. The van der Waals surface area contributed by atoms with Gasteiger partial charge in [-0.2, -0.15) is 0 Å². The molecule has 0 aromatic heterocycles. The van der Waals surface area contributed by atoms with E-state index in [1.165, 1.54) is 19.2 Å². The second-order valence-electron chi connectivity index (χ2n) is 8.47. The molecule has 11 heteroatoms. The van der Waals surface area contributed by atoms with Crippen LogP contribution in [0.2, 0.25) is 0 Å². The minimum atomic E-state index is -1.42. The first-order valence-electron chi connectivity index (χ1n) is 11.4. The van der Waals surface area contributed by atoms with Crippen molar-refractivity contribution in [2.45, 2.75) is 45.7 Å². The maximum absolute atomic E-state index is 12.2. The zero-order valence-electron chi connectivity index (χ0n) is 20.1. The highest BCUT2D eigenvalue weighted by molar-refractivity contribution is 7.95. The third-order valence-electron chi connectivity index (χ3n) is 5.57. The van der Waals surface area contributed by atoms with Crippen LogP contribution in [-0.2, 0) is 9.53 Å². The Labute approximate surface area is 207 Å². The van der Waals surface area contributed by atoms with E-state index < -0.39 is 17.5 Å². The topological polar surface area (TPSA) is 78.3 Å². The van der Waals surface area contributed by atoms with Gasteiger partial charge in [-0.05, 0) is 32.4 Å². The second-order valence-corrected chi connectivity index (χ2v) is 9.14. The van der Waals surface area contributed by atoms with Gasteiger partial charge in [-0.3, -0.25) is 9.98 Å². The van der Waals surface area contributed by atoms with Crippen LogP contribution >= 0.6 is 12.1 Å². The maximum atomic E-state index is 12.2. The van der Waals surface area contributed by atoms with Crippen molar-refractivity contribution in [3.63, 3.8) is 0 Å². The number of nitrogens with zero attached hydrogens (tertiary/aromatic N) is 3. The largest absolute Gasteiger partial charge is 0.466 e. The van der Waals surface area contributed by atoms with E-state index in [-0.39, 0.29) is 12.0 Å². The van der Waals surface area contributed by atoms with Gasteiger partial charge in [-0.1, -0.05) is 19.1 Å². The summed E-state index contributed by atoms with van der Waals surface area (Å²) in [5, 5.41) is 0. The molecule has 0 saturated carbocycles. The number of halogens is 3. The summed E-state index contributed by atoms with van der Waals surface area (Å²) in [6.07, 6.45) is 5.74. The van der Waals surface area contributed by atoms with E-state index in [0.717, 1.165) is 54.8 Å². The first kappa shape index (κ1) is 27.0. The monoisotopic (exact) mass is 509 g/mol. The van der Waals surface area contributed by atoms with Crippen LogP contribution in [0.1, 0.15) is 33.6 Å². The first-order valence-corrected chi connectivity index (χ1v) is 12.2. The minimum Gasteiger partial charge on any atom is -0.466 e. The molecule has 0 bridgehead atoms. The van der Waals surface area contributed by atoms with Crippen LogP contribution in [0, 0.1) is 23.4 Å². The second kappa shape index (κ2) is 12.4. The fourth-order valence-corrected chi connectivity index (χ4v) is 4.48. The van der Waals surface area contributed by atoms with E-state index in [2.05, 4.69) is 46.2 Å². The molecule has 35 heavy (non-hydrogen) atoms. The van der Waals surface area contributed by atoms with E-state index in [1.54, 1.807) is 0 Å². The van der Waals surface area contributed by atoms with Crippen molar-refractivity contribution >= 4 is 29.7 Å². The fraction of sp³-hybridized carbons (Fsp3) is 0.458. The number of aliphatic imine (C=N–C) groups is 2. The highest BCUT2D eigenvalue weighted by Gasteiger charge is 2.39. The summed E-state index contributed by atoms with van der Waals surface area (Å²) in [6.45, 7) is 7.47. The molecule has 1 saturated heterocycles. The molecule has 2 atom stereocenters. The Morgan fingerprint density at radius 2 is 2.00 bits per heavy atom. The van der Waals surface area contributed by atoms with Gasteiger partial charge in [0.25, 0.3) is 0 Å². The number of benzene rings is 1. The van der Waals surface area contributed by atoms with Crippen LogP contribution in [0.15, 0.2) is 51.7 Å². The summed E-state index contributed by atoms with van der Waals surface area (Å²) in [6, 6.07) is 3.44. The number of esters is 1. The van der Waals surface area contributed by atoms with Crippen molar-refractivity contribution in [2.75, 3.05) is 20.2 Å².